The van der Waals surface area contributed by atoms with Crippen molar-refractivity contribution in [3.63, 3.8) is 0 Å². The highest BCUT2D eigenvalue weighted by Crippen LogP contribution is 2.21. The molecule has 0 bridgehead atoms. The zero-order valence-electron chi connectivity index (χ0n) is 16.3. The zero-order valence-corrected chi connectivity index (χ0v) is 18.0. The Morgan fingerprint density at radius 2 is 1.89 bits per heavy atom. The van der Waals surface area contributed by atoms with E-state index in [1.165, 1.54) is 21.2 Å². The van der Waals surface area contributed by atoms with Crippen LogP contribution < -0.4 is 10.2 Å². The average Bonchev–Trinajstić information content (AvgIpc) is 3.24. The second-order valence-electron chi connectivity index (χ2n) is 7.24. The van der Waals surface area contributed by atoms with Crippen LogP contribution in [0.1, 0.15) is 31.7 Å². The standard InChI is InChI=1S/C20H27N3O3S2/c1-3-16(2)17-6-8-18(9-7-17)21-19(24)15-22-10-12-23(13-11-22)28(25,26)20-5-4-14-27-20/h4-9,14,16H,3,10-13,15H2,1-2H3,(H,21,24)/p+1/t16-/m1/s1. The fourth-order valence-electron chi connectivity index (χ4n) is 3.32. The van der Waals surface area contributed by atoms with Crippen molar-refractivity contribution in [1.82, 2.24) is 4.31 Å². The van der Waals surface area contributed by atoms with Crippen molar-refractivity contribution >= 4 is 33.0 Å². The normalized spacial score (nSPS) is 17.4. The SMILES string of the molecule is CC[C@@H](C)c1ccc(NC(=O)C[NH+]2CCN(S(=O)(=O)c3cccs3)CC2)cc1. The number of nitrogens with zero attached hydrogens (tertiary/aromatic N) is 1. The molecule has 1 atom stereocenters. The molecular formula is C20H28N3O3S2+. The number of amides is 1. The molecule has 2 aromatic rings. The van der Waals surface area contributed by atoms with E-state index < -0.39 is 10.0 Å². The Morgan fingerprint density at radius 1 is 1.21 bits per heavy atom. The molecule has 1 aromatic carbocycles. The third-order valence-corrected chi connectivity index (χ3v) is 8.58. The van der Waals surface area contributed by atoms with Gasteiger partial charge in [0, 0.05) is 5.69 Å². The van der Waals surface area contributed by atoms with Gasteiger partial charge in [-0.1, -0.05) is 32.0 Å². The van der Waals surface area contributed by atoms with Crippen molar-refractivity contribution in [2.45, 2.75) is 30.4 Å². The van der Waals surface area contributed by atoms with Crippen molar-refractivity contribution in [3.8, 4) is 0 Å². The lowest BCUT2D eigenvalue weighted by Crippen LogP contribution is -3.15. The predicted octanol–water partition coefficient (Wildman–Crippen LogP) is 1.79. The van der Waals surface area contributed by atoms with Gasteiger partial charge in [0.1, 0.15) is 4.21 Å². The first-order valence-corrected chi connectivity index (χ1v) is 12.0. The van der Waals surface area contributed by atoms with Gasteiger partial charge in [0.25, 0.3) is 15.9 Å². The number of anilines is 1. The van der Waals surface area contributed by atoms with Gasteiger partial charge < -0.3 is 10.2 Å². The maximum absolute atomic E-state index is 12.6. The minimum absolute atomic E-state index is 0.0409. The minimum Gasteiger partial charge on any atom is -0.325 e. The molecule has 152 valence electrons. The maximum atomic E-state index is 12.6. The van der Waals surface area contributed by atoms with Crippen molar-refractivity contribution in [2.75, 3.05) is 38.0 Å². The fourth-order valence-corrected chi connectivity index (χ4v) is 5.91. The van der Waals surface area contributed by atoms with Crippen LogP contribution in [0.25, 0.3) is 0 Å². The van der Waals surface area contributed by atoms with Crippen LogP contribution in [-0.2, 0) is 14.8 Å². The Morgan fingerprint density at radius 3 is 2.46 bits per heavy atom. The summed E-state index contributed by atoms with van der Waals surface area (Å²) < 4.78 is 27.0. The second kappa shape index (κ2) is 9.17. The Kier molecular flexibility index (Phi) is 6.87. The number of quaternary nitrogens is 1. The van der Waals surface area contributed by atoms with E-state index in [2.05, 4.69) is 31.3 Å². The molecule has 0 radical (unpaired) electrons. The van der Waals surface area contributed by atoms with E-state index >= 15 is 0 Å². The first-order valence-electron chi connectivity index (χ1n) is 9.67. The molecule has 0 saturated carbocycles. The lowest BCUT2D eigenvalue weighted by Gasteiger charge is -2.30. The van der Waals surface area contributed by atoms with Gasteiger partial charge in [-0.2, -0.15) is 4.31 Å². The number of thiophene rings is 1. The first kappa shape index (κ1) is 21.0. The van der Waals surface area contributed by atoms with Crippen LogP contribution in [0.5, 0.6) is 0 Å². The number of sulfonamides is 1. The number of nitrogens with one attached hydrogen (secondary N) is 2. The van der Waals surface area contributed by atoms with Gasteiger partial charge in [0.15, 0.2) is 6.54 Å². The highest BCUT2D eigenvalue weighted by atomic mass is 32.2. The lowest BCUT2D eigenvalue weighted by molar-refractivity contribution is -0.895. The second-order valence-corrected chi connectivity index (χ2v) is 10.4. The summed E-state index contributed by atoms with van der Waals surface area (Å²) in [6.07, 6.45) is 1.09. The molecule has 1 amide bonds. The number of carbonyl (C=O) groups excluding carboxylic acids is 1. The average molecular weight is 423 g/mol. The molecule has 28 heavy (non-hydrogen) atoms. The number of benzene rings is 1. The van der Waals surface area contributed by atoms with E-state index in [0.717, 1.165) is 17.0 Å². The van der Waals surface area contributed by atoms with Crippen molar-refractivity contribution in [1.29, 1.82) is 0 Å². The van der Waals surface area contributed by atoms with Gasteiger partial charge in [-0.05, 0) is 41.5 Å². The van der Waals surface area contributed by atoms with Crippen LogP contribution in [-0.4, -0.2) is 51.4 Å². The molecule has 1 aliphatic rings. The van der Waals surface area contributed by atoms with E-state index in [4.69, 9.17) is 0 Å². The van der Waals surface area contributed by atoms with E-state index in [-0.39, 0.29) is 5.91 Å². The van der Waals surface area contributed by atoms with Gasteiger partial charge in [-0.3, -0.25) is 4.79 Å². The minimum atomic E-state index is -3.39. The molecule has 2 N–H and O–H groups in total. The molecule has 0 aliphatic carbocycles. The molecule has 1 aromatic heterocycles. The summed E-state index contributed by atoms with van der Waals surface area (Å²) in [6.45, 7) is 6.83. The third kappa shape index (κ3) is 5.00. The third-order valence-electron chi connectivity index (χ3n) is 5.31. The Hall–Kier alpha value is -1.74. The maximum Gasteiger partial charge on any atom is 0.279 e. The summed E-state index contributed by atoms with van der Waals surface area (Å²) in [5.74, 6) is 0.469. The quantitative estimate of drug-likeness (QED) is 0.715. The Bertz CT molecular complexity index is 872. The van der Waals surface area contributed by atoms with E-state index in [9.17, 15) is 13.2 Å². The highest BCUT2D eigenvalue weighted by molar-refractivity contribution is 7.91. The topological polar surface area (TPSA) is 70.9 Å². The number of hydrogen-bond acceptors (Lipinski definition) is 4. The largest absolute Gasteiger partial charge is 0.325 e. The first-order chi connectivity index (χ1) is 13.4. The number of carbonyl (C=O) groups is 1. The Labute approximate surface area is 171 Å². The van der Waals surface area contributed by atoms with Gasteiger partial charge in [-0.25, -0.2) is 8.42 Å². The smallest absolute Gasteiger partial charge is 0.279 e. The van der Waals surface area contributed by atoms with Gasteiger partial charge in [0.2, 0.25) is 0 Å². The number of piperazine rings is 1. The summed E-state index contributed by atoms with van der Waals surface area (Å²) in [5.41, 5.74) is 2.07. The summed E-state index contributed by atoms with van der Waals surface area (Å²) in [7, 11) is -3.39. The van der Waals surface area contributed by atoms with Gasteiger partial charge in [-0.15, -0.1) is 11.3 Å². The van der Waals surface area contributed by atoms with Gasteiger partial charge >= 0.3 is 0 Å². The van der Waals surface area contributed by atoms with Crippen LogP contribution in [0.15, 0.2) is 46.0 Å². The van der Waals surface area contributed by atoms with Crippen molar-refractivity contribution in [3.05, 3.63) is 47.3 Å². The molecule has 1 fully saturated rings. The molecule has 0 unspecified atom stereocenters. The number of rotatable bonds is 7. The van der Waals surface area contributed by atoms with Crippen LogP contribution in [0.3, 0.4) is 0 Å². The molecule has 1 saturated heterocycles. The molecule has 2 heterocycles. The fraction of sp³-hybridized carbons (Fsp3) is 0.450. The molecular weight excluding hydrogens is 394 g/mol. The Balaban J connectivity index is 1.49. The van der Waals surface area contributed by atoms with E-state index in [1.54, 1.807) is 17.5 Å². The van der Waals surface area contributed by atoms with Crippen molar-refractivity contribution < 1.29 is 18.1 Å². The lowest BCUT2D eigenvalue weighted by atomic mass is 9.99. The predicted molar refractivity (Wildman–Crippen MR) is 112 cm³/mol. The van der Waals surface area contributed by atoms with Crippen LogP contribution in [0.4, 0.5) is 5.69 Å². The molecule has 8 heteroatoms. The summed E-state index contributed by atoms with van der Waals surface area (Å²) in [6, 6.07) is 11.4. The van der Waals surface area contributed by atoms with Crippen LogP contribution in [0, 0.1) is 0 Å². The van der Waals surface area contributed by atoms with Crippen LogP contribution in [0.2, 0.25) is 0 Å². The van der Waals surface area contributed by atoms with Gasteiger partial charge in [0.05, 0.1) is 26.2 Å². The molecule has 6 nitrogen and oxygen atoms in total. The summed E-state index contributed by atoms with van der Waals surface area (Å²) in [5, 5.41) is 4.72. The molecule has 3 rings (SSSR count). The van der Waals surface area contributed by atoms with E-state index in [0.29, 0.717) is 42.9 Å². The van der Waals surface area contributed by atoms with Crippen molar-refractivity contribution in [2.24, 2.45) is 0 Å². The van der Waals surface area contributed by atoms with E-state index in [1.807, 2.05) is 12.1 Å². The summed E-state index contributed by atoms with van der Waals surface area (Å²) in [4.78, 5) is 13.5. The monoisotopic (exact) mass is 422 g/mol. The molecule has 0 spiro atoms. The zero-order chi connectivity index (χ0) is 20.1. The highest BCUT2D eigenvalue weighted by Gasteiger charge is 2.31. The summed E-state index contributed by atoms with van der Waals surface area (Å²) >= 11 is 1.24. The molecule has 1 aliphatic heterocycles. The number of hydrogen-bond donors (Lipinski definition) is 2. The van der Waals surface area contributed by atoms with Crippen LogP contribution >= 0.6 is 11.3 Å².